The van der Waals surface area contributed by atoms with Gasteiger partial charge in [0.15, 0.2) is 0 Å². The molecule has 1 N–H and O–H groups in total. The fraction of sp³-hybridized carbons (Fsp3) is 0.917. The second-order valence-electron chi connectivity index (χ2n) is 5.95. The first-order valence-electron chi connectivity index (χ1n) is 6.21. The smallest absolute Gasteiger partial charge is 0.225 e. The molecule has 3 aliphatic rings. The molecule has 2 bridgehead atoms. The fourth-order valence-electron chi connectivity index (χ4n) is 2.39. The van der Waals surface area contributed by atoms with Gasteiger partial charge in [-0.3, -0.25) is 14.6 Å². The molecule has 3 aliphatic heterocycles. The Balaban J connectivity index is 1.81. The van der Waals surface area contributed by atoms with E-state index in [1.165, 1.54) is 13.1 Å². The van der Waals surface area contributed by atoms with Crippen molar-refractivity contribution in [2.45, 2.75) is 26.8 Å². The summed E-state index contributed by atoms with van der Waals surface area (Å²) in [6, 6.07) is 0.522. The highest BCUT2D eigenvalue weighted by molar-refractivity contribution is 5.81. The van der Waals surface area contributed by atoms with Gasteiger partial charge in [0, 0.05) is 50.7 Å². The summed E-state index contributed by atoms with van der Waals surface area (Å²) < 4.78 is 0. The zero-order valence-corrected chi connectivity index (χ0v) is 10.6. The number of nitrogens with one attached hydrogen (secondary N) is 1. The maximum absolute atomic E-state index is 11.8. The molecule has 0 aromatic rings. The van der Waals surface area contributed by atoms with Gasteiger partial charge in [-0.2, -0.15) is 0 Å². The first-order chi connectivity index (χ1) is 7.47. The molecule has 0 aromatic heterocycles. The van der Waals surface area contributed by atoms with E-state index in [0.717, 1.165) is 26.2 Å². The highest BCUT2D eigenvalue weighted by Gasteiger charge is 2.32. The molecule has 3 heterocycles. The summed E-state index contributed by atoms with van der Waals surface area (Å²) in [6.07, 6.45) is 0. The lowest BCUT2D eigenvalue weighted by Gasteiger charge is -2.47. The molecule has 1 amide bonds. The SMILES string of the molecule is CC(C)(C)C(=O)NCC1CN2CCN1CC2. The Morgan fingerprint density at radius 1 is 1.25 bits per heavy atom. The maximum Gasteiger partial charge on any atom is 0.225 e. The molecule has 0 spiro atoms. The zero-order chi connectivity index (χ0) is 11.8. The predicted octanol–water partition coefficient (Wildman–Crippen LogP) is 0.149. The molecule has 3 fully saturated rings. The topological polar surface area (TPSA) is 35.6 Å². The number of nitrogens with zero attached hydrogens (tertiary/aromatic N) is 2. The highest BCUT2D eigenvalue weighted by atomic mass is 16.2. The van der Waals surface area contributed by atoms with E-state index in [0.29, 0.717) is 6.04 Å². The Labute approximate surface area is 98.0 Å². The number of amides is 1. The van der Waals surface area contributed by atoms with Crippen molar-refractivity contribution in [1.82, 2.24) is 15.1 Å². The van der Waals surface area contributed by atoms with Gasteiger partial charge < -0.3 is 5.32 Å². The Morgan fingerprint density at radius 2 is 1.88 bits per heavy atom. The first kappa shape index (κ1) is 11.9. The number of hydrogen-bond donors (Lipinski definition) is 1. The molecule has 92 valence electrons. The third-order valence-electron chi connectivity index (χ3n) is 3.57. The number of piperazine rings is 3. The van der Waals surface area contributed by atoms with E-state index in [1.807, 2.05) is 20.8 Å². The van der Waals surface area contributed by atoms with E-state index in [4.69, 9.17) is 0 Å². The molecule has 4 heteroatoms. The van der Waals surface area contributed by atoms with Gasteiger partial charge in [0.25, 0.3) is 0 Å². The molecule has 0 saturated carbocycles. The Morgan fingerprint density at radius 3 is 2.31 bits per heavy atom. The van der Waals surface area contributed by atoms with Gasteiger partial charge in [0.1, 0.15) is 0 Å². The van der Waals surface area contributed by atoms with Crippen LogP contribution in [0.2, 0.25) is 0 Å². The van der Waals surface area contributed by atoms with Crippen LogP contribution in [0, 0.1) is 5.41 Å². The van der Waals surface area contributed by atoms with Crippen LogP contribution < -0.4 is 5.32 Å². The molecular formula is C12H23N3O. The molecule has 1 unspecified atom stereocenters. The van der Waals surface area contributed by atoms with Crippen LogP contribution in [0.4, 0.5) is 0 Å². The van der Waals surface area contributed by atoms with E-state index >= 15 is 0 Å². The molecule has 1 atom stereocenters. The van der Waals surface area contributed by atoms with Gasteiger partial charge in [-0.15, -0.1) is 0 Å². The maximum atomic E-state index is 11.8. The van der Waals surface area contributed by atoms with Gasteiger partial charge in [-0.05, 0) is 0 Å². The molecule has 3 rings (SSSR count). The lowest BCUT2D eigenvalue weighted by atomic mass is 9.95. The Hall–Kier alpha value is -0.610. The number of carbonyl (C=O) groups is 1. The van der Waals surface area contributed by atoms with E-state index in [1.54, 1.807) is 0 Å². The largest absolute Gasteiger partial charge is 0.354 e. The monoisotopic (exact) mass is 225 g/mol. The van der Waals surface area contributed by atoms with Crippen LogP contribution >= 0.6 is 0 Å². The fourth-order valence-corrected chi connectivity index (χ4v) is 2.39. The molecular weight excluding hydrogens is 202 g/mol. The van der Waals surface area contributed by atoms with Gasteiger partial charge in [0.2, 0.25) is 5.91 Å². The molecule has 4 nitrogen and oxygen atoms in total. The van der Waals surface area contributed by atoms with Gasteiger partial charge in [-0.25, -0.2) is 0 Å². The molecule has 0 aromatic carbocycles. The standard InChI is InChI=1S/C12H23N3O/c1-12(2,3)11(16)13-8-10-9-14-4-6-15(10)7-5-14/h10H,4-9H2,1-3H3,(H,13,16). The number of carbonyl (C=O) groups excluding carboxylic acids is 1. The first-order valence-corrected chi connectivity index (χ1v) is 6.21. The van der Waals surface area contributed by atoms with Crippen molar-refractivity contribution in [3.63, 3.8) is 0 Å². The van der Waals surface area contributed by atoms with Gasteiger partial charge in [0.05, 0.1) is 0 Å². The van der Waals surface area contributed by atoms with Crippen LogP contribution in [0.3, 0.4) is 0 Å². The Bertz CT molecular complexity index is 264. The minimum absolute atomic E-state index is 0.158. The van der Waals surface area contributed by atoms with E-state index in [9.17, 15) is 4.79 Å². The van der Waals surface area contributed by atoms with E-state index in [-0.39, 0.29) is 11.3 Å². The van der Waals surface area contributed by atoms with Crippen LogP contribution in [-0.2, 0) is 4.79 Å². The Kier molecular flexibility index (Phi) is 3.22. The average molecular weight is 225 g/mol. The van der Waals surface area contributed by atoms with Crippen molar-refractivity contribution in [3.8, 4) is 0 Å². The third-order valence-corrected chi connectivity index (χ3v) is 3.57. The van der Waals surface area contributed by atoms with Crippen LogP contribution in [0.1, 0.15) is 20.8 Å². The van der Waals surface area contributed by atoms with Crippen molar-refractivity contribution in [2.24, 2.45) is 5.41 Å². The third kappa shape index (κ3) is 2.55. The predicted molar refractivity (Wildman–Crippen MR) is 64.3 cm³/mol. The summed E-state index contributed by atoms with van der Waals surface area (Å²) >= 11 is 0. The number of hydrogen-bond acceptors (Lipinski definition) is 3. The summed E-state index contributed by atoms with van der Waals surface area (Å²) in [5.74, 6) is 0.158. The van der Waals surface area contributed by atoms with Crippen molar-refractivity contribution in [2.75, 3.05) is 39.3 Å². The zero-order valence-electron chi connectivity index (χ0n) is 10.6. The minimum atomic E-state index is -0.275. The van der Waals surface area contributed by atoms with Crippen LogP contribution in [0.25, 0.3) is 0 Å². The minimum Gasteiger partial charge on any atom is -0.354 e. The van der Waals surface area contributed by atoms with Crippen molar-refractivity contribution >= 4 is 5.91 Å². The van der Waals surface area contributed by atoms with Gasteiger partial charge >= 0.3 is 0 Å². The van der Waals surface area contributed by atoms with Gasteiger partial charge in [-0.1, -0.05) is 20.8 Å². The van der Waals surface area contributed by atoms with Crippen molar-refractivity contribution in [1.29, 1.82) is 0 Å². The second-order valence-corrected chi connectivity index (χ2v) is 5.95. The summed E-state index contributed by atoms with van der Waals surface area (Å²) in [4.78, 5) is 16.8. The molecule has 0 radical (unpaired) electrons. The van der Waals surface area contributed by atoms with E-state index in [2.05, 4.69) is 15.1 Å². The highest BCUT2D eigenvalue weighted by Crippen LogP contribution is 2.16. The molecule has 16 heavy (non-hydrogen) atoms. The van der Waals surface area contributed by atoms with Crippen LogP contribution in [0.15, 0.2) is 0 Å². The summed E-state index contributed by atoms with van der Waals surface area (Å²) in [6.45, 7) is 12.5. The van der Waals surface area contributed by atoms with E-state index < -0.39 is 0 Å². The number of fused-ring (bicyclic) bond motifs is 3. The van der Waals surface area contributed by atoms with Crippen LogP contribution in [0.5, 0.6) is 0 Å². The number of rotatable bonds is 2. The summed E-state index contributed by atoms with van der Waals surface area (Å²) in [5.41, 5.74) is -0.275. The average Bonchev–Trinajstić information content (AvgIpc) is 2.26. The summed E-state index contributed by atoms with van der Waals surface area (Å²) in [5, 5.41) is 3.07. The second kappa shape index (κ2) is 4.34. The lowest BCUT2D eigenvalue weighted by Crippen LogP contribution is -2.63. The molecule has 0 aliphatic carbocycles. The lowest BCUT2D eigenvalue weighted by molar-refractivity contribution is -0.129. The molecule has 3 saturated heterocycles. The van der Waals surface area contributed by atoms with Crippen molar-refractivity contribution < 1.29 is 4.79 Å². The quantitative estimate of drug-likeness (QED) is 0.726. The van der Waals surface area contributed by atoms with Crippen molar-refractivity contribution in [3.05, 3.63) is 0 Å². The summed E-state index contributed by atoms with van der Waals surface area (Å²) in [7, 11) is 0. The van der Waals surface area contributed by atoms with Crippen LogP contribution in [-0.4, -0.2) is 61.0 Å². The normalized spacial score (nSPS) is 33.8.